The lowest BCUT2D eigenvalue weighted by Gasteiger charge is -1.98. The maximum absolute atomic E-state index is 12.2. The molecule has 0 unspecified atom stereocenters. The highest BCUT2D eigenvalue weighted by Gasteiger charge is 2.16. The molecule has 0 fully saturated rings. The molecule has 3 aromatic rings. The molecule has 0 saturated heterocycles. The Morgan fingerprint density at radius 3 is 2.10 bits per heavy atom. The minimum absolute atomic E-state index is 0.0438. The van der Waals surface area contributed by atoms with Gasteiger partial charge in [0.25, 0.3) is 5.89 Å². The van der Waals surface area contributed by atoms with Gasteiger partial charge in [-0.1, -0.05) is 23.2 Å². The van der Waals surface area contributed by atoms with E-state index in [1.54, 1.807) is 48.5 Å². The van der Waals surface area contributed by atoms with E-state index in [9.17, 15) is 4.79 Å². The molecule has 3 nitrogen and oxygen atoms in total. The third kappa shape index (κ3) is 2.99. The number of ketones is 1. The van der Waals surface area contributed by atoms with Crippen LogP contribution in [0.15, 0.2) is 59.1 Å². The fraction of sp³-hybridized carbons (Fsp3) is 0. The molecule has 5 heteroatoms. The van der Waals surface area contributed by atoms with Gasteiger partial charge >= 0.3 is 0 Å². The number of carbonyl (C=O) groups is 1. The van der Waals surface area contributed by atoms with E-state index in [0.29, 0.717) is 21.4 Å². The van der Waals surface area contributed by atoms with Gasteiger partial charge in [-0.15, -0.1) is 0 Å². The Kier molecular flexibility index (Phi) is 3.78. The van der Waals surface area contributed by atoms with Gasteiger partial charge in [0.1, 0.15) is 0 Å². The zero-order valence-electron chi connectivity index (χ0n) is 10.7. The van der Waals surface area contributed by atoms with Crippen molar-refractivity contribution in [2.75, 3.05) is 0 Å². The topological polar surface area (TPSA) is 43.1 Å². The number of benzene rings is 2. The number of aromatic nitrogens is 1. The Morgan fingerprint density at radius 1 is 0.905 bits per heavy atom. The fourth-order valence-electron chi connectivity index (χ4n) is 1.85. The third-order valence-electron chi connectivity index (χ3n) is 2.94. The Morgan fingerprint density at radius 2 is 1.48 bits per heavy atom. The standard InChI is InChI=1S/C16H9Cl2NO2/c17-12-5-1-10(2-6-12)14-9-19-16(21-14)15(20)11-3-7-13(18)8-4-11/h1-9H. The molecule has 3 rings (SSSR count). The van der Waals surface area contributed by atoms with Crippen molar-refractivity contribution in [3.63, 3.8) is 0 Å². The molecule has 0 aliphatic rings. The van der Waals surface area contributed by atoms with E-state index in [2.05, 4.69) is 4.98 Å². The zero-order chi connectivity index (χ0) is 14.8. The Bertz CT molecular complexity index is 777. The highest BCUT2D eigenvalue weighted by Crippen LogP contribution is 2.23. The van der Waals surface area contributed by atoms with E-state index in [1.807, 2.05) is 0 Å². The van der Waals surface area contributed by atoms with Crippen molar-refractivity contribution in [3.05, 3.63) is 76.2 Å². The van der Waals surface area contributed by atoms with Crippen molar-refractivity contribution in [1.82, 2.24) is 4.98 Å². The second kappa shape index (κ2) is 5.72. The van der Waals surface area contributed by atoms with Crippen molar-refractivity contribution in [1.29, 1.82) is 0 Å². The van der Waals surface area contributed by atoms with Crippen molar-refractivity contribution in [3.8, 4) is 11.3 Å². The zero-order valence-corrected chi connectivity index (χ0v) is 12.2. The van der Waals surface area contributed by atoms with E-state index in [4.69, 9.17) is 27.6 Å². The first kappa shape index (κ1) is 13.9. The summed E-state index contributed by atoms with van der Waals surface area (Å²) in [4.78, 5) is 16.3. The second-order valence-electron chi connectivity index (χ2n) is 4.37. The lowest BCUT2D eigenvalue weighted by atomic mass is 10.1. The lowest BCUT2D eigenvalue weighted by molar-refractivity contribution is 0.100. The second-order valence-corrected chi connectivity index (χ2v) is 5.25. The summed E-state index contributed by atoms with van der Waals surface area (Å²) in [5, 5.41) is 1.21. The summed E-state index contributed by atoms with van der Waals surface area (Å²) in [7, 11) is 0. The average Bonchev–Trinajstić information content (AvgIpc) is 2.98. The first-order valence-electron chi connectivity index (χ1n) is 6.15. The van der Waals surface area contributed by atoms with Crippen LogP contribution >= 0.6 is 23.2 Å². The third-order valence-corrected chi connectivity index (χ3v) is 3.44. The van der Waals surface area contributed by atoms with Gasteiger partial charge in [0.15, 0.2) is 5.76 Å². The first-order valence-corrected chi connectivity index (χ1v) is 6.91. The minimum Gasteiger partial charge on any atom is -0.433 e. The van der Waals surface area contributed by atoms with Crippen LogP contribution in [0.5, 0.6) is 0 Å². The highest BCUT2D eigenvalue weighted by molar-refractivity contribution is 6.31. The number of hydrogen-bond donors (Lipinski definition) is 0. The van der Waals surface area contributed by atoms with Crippen molar-refractivity contribution in [2.45, 2.75) is 0 Å². The van der Waals surface area contributed by atoms with Crippen molar-refractivity contribution < 1.29 is 9.21 Å². The number of oxazole rings is 1. The maximum atomic E-state index is 12.2. The molecule has 0 spiro atoms. The molecular formula is C16H9Cl2NO2. The van der Waals surface area contributed by atoms with E-state index in [-0.39, 0.29) is 11.7 Å². The average molecular weight is 318 g/mol. The van der Waals surface area contributed by atoms with Crippen LogP contribution in [-0.4, -0.2) is 10.8 Å². The van der Waals surface area contributed by atoms with Crippen LogP contribution in [0, 0.1) is 0 Å². The largest absolute Gasteiger partial charge is 0.433 e. The molecule has 1 heterocycles. The smallest absolute Gasteiger partial charge is 0.268 e. The van der Waals surface area contributed by atoms with Gasteiger partial charge in [0.05, 0.1) is 6.20 Å². The summed E-state index contributed by atoms with van der Waals surface area (Å²) >= 11 is 11.6. The normalized spacial score (nSPS) is 10.6. The minimum atomic E-state index is -0.285. The van der Waals surface area contributed by atoms with Gasteiger partial charge in [0, 0.05) is 21.2 Å². The summed E-state index contributed by atoms with van der Waals surface area (Å²) in [6.07, 6.45) is 1.52. The van der Waals surface area contributed by atoms with E-state index >= 15 is 0 Å². The molecule has 0 radical (unpaired) electrons. The number of carbonyl (C=O) groups excluding carboxylic acids is 1. The lowest BCUT2D eigenvalue weighted by Crippen LogP contribution is -2.00. The molecular weight excluding hydrogens is 309 g/mol. The van der Waals surface area contributed by atoms with E-state index in [0.717, 1.165) is 5.56 Å². The van der Waals surface area contributed by atoms with Crippen molar-refractivity contribution in [2.24, 2.45) is 0 Å². The van der Waals surface area contributed by atoms with Crippen LogP contribution in [0.2, 0.25) is 10.0 Å². The van der Waals surface area contributed by atoms with E-state index < -0.39 is 0 Å². The summed E-state index contributed by atoms with van der Waals surface area (Å²) in [6.45, 7) is 0. The monoisotopic (exact) mass is 317 g/mol. The molecule has 0 bridgehead atoms. The Labute approximate surface area is 131 Å². The first-order chi connectivity index (χ1) is 10.1. The molecule has 0 atom stereocenters. The number of nitrogens with zero attached hydrogens (tertiary/aromatic N) is 1. The van der Waals surface area contributed by atoms with Gasteiger partial charge in [-0.3, -0.25) is 4.79 Å². The van der Waals surface area contributed by atoms with Crippen LogP contribution < -0.4 is 0 Å². The van der Waals surface area contributed by atoms with Gasteiger partial charge in [0.2, 0.25) is 5.78 Å². The maximum Gasteiger partial charge on any atom is 0.268 e. The highest BCUT2D eigenvalue weighted by atomic mass is 35.5. The quantitative estimate of drug-likeness (QED) is 0.646. The van der Waals surface area contributed by atoms with Gasteiger partial charge < -0.3 is 4.42 Å². The predicted octanol–water partition coefficient (Wildman–Crippen LogP) is 4.88. The fourth-order valence-corrected chi connectivity index (χ4v) is 2.10. The van der Waals surface area contributed by atoms with Crippen LogP contribution in [-0.2, 0) is 0 Å². The molecule has 0 aliphatic heterocycles. The molecule has 0 N–H and O–H groups in total. The molecule has 0 amide bonds. The summed E-state index contributed by atoms with van der Waals surface area (Å²) in [6, 6.07) is 13.7. The SMILES string of the molecule is O=C(c1ccc(Cl)cc1)c1ncc(-c2ccc(Cl)cc2)o1. The molecule has 1 aromatic heterocycles. The summed E-state index contributed by atoms with van der Waals surface area (Å²) in [5.74, 6) is 0.276. The number of halogens is 2. The van der Waals surface area contributed by atoms with E-state index in [1.165, 1.54) is 6.20 Å². The molecule has 21 heavy (non-hydrogen) atoms. The summed E-state index contributed by atoms with van der Waals surface area (Å²) in [5.41, 5.74) is 1.28. The van der Waals surface area contributed by atoms with Crippen molar-refractivity contribution >= 4 is 29.0 Å². The molecule has 104 valence electrons. The van der Waals surface area contributed by atoms with Crippen LogP contribution in [0.4, 0.5) is 0 Å². The Balaban J connectivity index is 1.89. The Hall–Kier alpha value is -2.10. The molecule has 0 saturated carbocycles. The van der Waals surface area contributed by atoms with Gasteiger partial charge in [-0.2, -0.15) is 0 Å². The van der Waals surface area contributed by atoms with Crippen LogP contribution in [0.3, 0.4) is 0 Å². The summed E-state index contributed by atoms with van der Waals surface area (Å²) < 4.78 is 5.52. The van der Waals surface area contributed by atoms with Crippen LogP contribution in [0.25, 0.3) is 11.3 Å². The molecule has 0 aliphatic carbocycles. The van der Waals surface area contributed by atoms with Gasteiger partial charge in [-0.05, 0) is 48.5 Å². The number of hydrogen-bond acceptors (Lipinski definition) is 3. The number of rotatable bonds is 3. The van der Waals surface area contributed by atoms with Crippen LogP contribution in [0.1, 0.15) is 16.2 Å². The van der Waals surface area contributed by atoms with Gasteiger partial charge in [-0.25, -0.2) is 4.98 Å². The molecule has 2 aromatic carbocycles. The predicted molar refractivity (Wildman–Crippen MR) is 81.8 cm³/mol.